The van der Waals surface area contributed by atoms with E-state index >= 15 is 0 Å². The maximum atomic E-state index is 3.97. The first kappa shape index (κ1) is 23.2. The smallest absolute Gasteiger partial charge is 0 e. The van der Waals surface area contributed by atoms with E-state index in [1.54, 1.807) is 0 Å². The molecular weight excluding hydrogens is 287 g/mol. The second kappa shape index (κ2) is 29.5. The van der Waals surface area contributed by atoms with Gasteiger partial charge in [-0.1, -0.05) is 27.7 Å². The van der Waals surface area contributed by atoms with E-state index in [0.717, 1.165) is 26.2 Å². The molecule has 0 aliphatic heterocycles. The Morgan fingerprint density at radius 2 is 0.833 bits per heavy atom. The van der Waals surface area contributed by atoms with Crippen molar-refractivity contribution in [3.63, 3.8) is 0 Å². The Hall–Kier alpha value is 1.20. The van der Waals surface area contributed by atoms with Crippen LogP contribution >= 0.6 is 0 Å². The molecule has 0 bridgehead atoms. The summed E-state index contributed by atoms with van der Waals surface area (Å²) in [5.41, 5.74) is 0. The average Bonchev–Trinajstić information content (AvgIpc) is 1.93. The quantitative estimate of drug-likeness (QED) is 0.764. The van der Waals surface area contributed by atoms with Gasteiger partial charge in [0.05, 0.1) is 0 Å². The Kier molecular flexibility index (Phi) is 57.1. The molecule has 0 N–H and O–H groups in total. The van der Waals surface area contributed by atoms with E-state index in [2.05, 4.69) is 10.6 Å². The summed E-state index contributed by atoms with van der Waals surface area (Å²) in [7, 11) is 0. The van der Waals surface area contributed by atoms with Crippen LogP contribution in [0.3, 0.4) is 0 Å². The van der Waals surface area contributed by atoms with Crippen LogP contribution in [0, 0.1) is 40.8 Å². The first-order valence-electron chi connectivity index (χ1n) is 4.09. The van der Waals surface area contributed by atoms with Gasteiger partial charge in [0.2, 0.25) is 0 Å². The van der Waals surface area contributed by atoms with Crippen molar-refractivity contribution >= 4 is 0 Å². The molecule has 0 aromatic carbocycles. The van der Waals surface area contributed by atoms with Crippen molar-refractivity contribution in [1.82, 2.24) is 0 Å². The monoisotopic (exact) mass is 306 g/mol. The fourth-order valence-electron chi connectivity index (χ4n) is 0.447. The summed E-state index contributed by atoms with van der Waals surface area (Å²) in [6.45, 7) is 12.1. The van der Waals surface area contributed by atoms with Crippen molar-refractivity contribution < 1.29 is 45.5 Å². The molecule has 0 aliphatic carbocycles. The first-order valence-corrected chi connectivity index (χ1v) is 4.09. The van der Waals surface area contributed by atoms with Gasteiger partial charge < -0.3 is 10.6 Å². The van der Waals surface area contributed by atoms with Crippen LogP contribution in [0.15, 0.2) is 0 Å². The van der Waals surface area contributed by atoms with Crippen molar-refractivity contribution in [3.05, 3.63) is 10.6 Å². The van der Waals surface area contributed by atoms with Gasteiger partial charge in [-0.2, -0.15) is 26.2 Å². The molecule has 0 aliphatic rings. The van der Waals surface area contributed by atoms with E-state index in [1.165, 1.54) is 0 Å². The molecule has 0 amide bonds. The Morgan fingerprint density at radius 3 is 0.833 bits per heavy atom. The Morgan fingerprint density at radius 1 is 0.667 bits per heavy atom. The number of rotatable bonds is 4. The molecule has 0 spiro atoms. The minimum Gasteiger partial charge on any atom is -0.663 e. The average molecular weight is 309 g/mol. The summed E-state index contributed by atoms with van der Waals surface area (Å²) >= 11 is 0. The zero-order valence-corrected chi connectivity index (χ0v) is 11.8. The van der Waals surface area contributed by atoms with Gasteiger partial charge in [-0.3, -0.25) is 4.70 Å². The topological polar surface area (TPSA) is 28.2 Å². The summed E-state index contributed by atoms with van der Waals surface area (Å²) in [5.74, 6) is 0. The van der Waals surface area contributed by atoms with Crippen LogP contribution in [0.1, 0.15) is 27.7 Å². The molecule has 0 unspecified atom stereocenters. The summed E-state index contributed by atoms with van der Waals surface area (Å²) in [4.78, 5) is 0. The van der Waals surface area contributed by atoms with Crippen molar-refractivity contribution in [3.8, 4) is 0 Å². The van der Waals surface area contributed by atoms with Crippen LogP contribution in [-0.4, -0.2) is 26.2 Å². The van der Waals surface area contributed by atoms with Crippen LogP contribution in [0.5, 0.6) is 0 Å². The molecule has 0 rings (SSSR count). The summed E-state index contributed by atoms with van der Waals surface area (Å²) in [6, 6.07) is 0. The Balaban J connectivity index is -0.0000000457. The van der Waals surface area contributed by atoms with Gasteiger partial charge >= 0.3 is 0 Å². The third kappa shape index (κ3) is 43.1. The van der Waals surface area contributed by atoms with E-state index in [1.807, 2.05) is 27.7 Å². The van der Waals surface area contributed by atoms with Crippen LogP contribution in [0.2, 0.25) is 0 Å². The zero-order valence-electron chi connectivity index (χ0n) is 8.63. The van der Waals surface area contributed by atoms with E-state index in [-0.39, 0.29) is 45.5 Å². The van der Waals surface area contributed by atoms with Crippen LogP contribution in [-0.2, 0) is 0 Å². The number of halogens is 1. The second-order valence-corrected chi connectivity index (χ2v) is 1.71. The third-order valence-electron chi connectivity index (χ3n) is 0.894. The Labute approximate surface area is 109 Å². The van der Waals surface area contributed by atoms with Gasteiger partial charge in [0.25, 0.3) is 0 Å². The molecule has 0 saturated heterocycles. The molecule has 12 heavy (non-hydrogen) atoms. The van der Waals surface area contributed by atoms with Gasteiger partial charge in [0.1, 0.15) is 0 Å². The molecule has 2 nitrogen and oxygen atoms in total. The fraction of sp³-hybridized carbons (Fsp3) is 1.00. The first-order chi connectivity index (χ1) is 4.83. The molecule has 76 valence electrons. The minimum absolute atomic E-state index is 0. The third-order valence-corrected chi connectivity index (χ3v) is 0.894. The van der Waals surface area contributed by atoms with Crippen LogP contribution in [0.25, 0.3) is 10.6 Å². The van der Waals surface area contributed by atoms with Crippen LogP contribution in [0.4, 0.5) is 4.70 Å². The van der Waals surface area contributed by atoms with E-state index in [4.69, 9.17) is 0 Å². The molecule has 4 heteroatoms. The Bertz CT molecular complexity index is 38.0. The number of hydrogen-bond donors (Lipinski definition) is 0. The summed E-state index contributed by atoms with van der Waals surface area (Å²) < 4.78 is 0. The van der Waals surface area contributed by atoms with E-state index in [9.17, 15) is 0 Å². The van der Waals surface area contributed by atoms with Gasteiger partial charge in [0.15, 0.2) is 0 Å². The molecule has 0 fully saturated rings. The second-order valence-electron chi connectivity index (χ2n) is 1.71. The van der Waals surface area contributed by atoms with Gasteiger partial charge in [0, 0.05) is 40.8 Å². The van der Waals surface area contributed by atoms with Crippen molar-refractivity contribution in [2.45, 2.75) is 27.7 Å². The van der Waals surface area contributed by atoms with Crippen molar-refractivity contribution in [2.24, 2.45) is 0 Å². The molecular formula is C8H21FN2Nd-2. The molecule has 0 heterocycles. The maximum absolute atomic E-state index is 3.97. The van der Waals surface area contributed by atoms with Crippen LogP contribution < -0.4 is 0 Å². The van der Waals surface area contributed by atoms with Gasteiger partial charge in [-0.25, -0.2) is 0 Å². The molecule has 0 saturated carbocycles. The zero-order chi connectivity index (χ0) is 8.24. The SMILES string of the molecule is CC[N-]CC.CC[N-]CC.F.[Nd]. The summed E-state index contributed by atoms with van der Waals surface area (Å²) in [5, 5.41) is 7.94. The summed E-state index contributed by atoms with van der Waals surface area (Å²) in [6.07, 6.45) is 0. The van der Waals surface area contributed by atoms with E-state index in [0.29, 0.717) is 0 Å². The van der Waals surface area contributed by atoms with Crippen molar-refractivity contribution in [2.75, 3.05) is 26.2 Å². The van der Waals surface area contributed by atoms with Gasteiger partial charge in [-0.05, 0) is 0 Å². The number of nitrogens with zero attached hydrogens (tertiary/aromatic N) is 2. The van der Waals surface area contributed by atoms with E-state index < -0.39 is 0 Å². The molecule has 0 aromatic heterocycles. The predicted molar refractivity (Wildman–Crippen MR) is 51.4 cm³/mol. The predicted octanol–water partition coefficient (Wildman–Crippen LogP) is 2.95. The van der Waals surface area contributed by atoms with Gasteiger partial charge in [-0.15, -0.1) is 0 Å². The standard InChI is InChI=1S/2C4H10N.FH.Nd/c2*1-3-5-4-2;;/h2*3-4H2,1-2H3;1H;/q2*-1;;. The molecule has 0 atom stereocenters. The number of hydrogen-bond acceptors (Lipinski definition) is 0. The molecule has 0 aromatic rings. The fourth-order valence-corrected chi connectivity index (χ4v) is 0.447. The minimum atomic E-state index is 0. The normalized spacial score (nSPS) is 7.00. The van der Waals surface area contributed by atoms with Crippen molar-refractivity contribution in [1.29, 1.82) is 0 Å². The largest absolute Gasteiger partial charge is 0.663 e. The molecule has 0 radical (unpaired) electrons. The maximum Gasteiger partial charge on any atom is 0 e.